The first-order valence-electron chi connectivity index (χ1n) is 8.30. The van der Waals surface area contributed by atoms with Crippen LogP contribution in [0.4, 0.5) is 0 Å². The Morgan fingerprint density at radius 1 is 1.15 bits per heavy atom. The highest BCUT2D eigenvalue weighted by molar-refractivity contribution is 7.18. The van der Waals surface area contributed by atoms with Gasteiger partial charge in [-0.05, 0) is 38.1 Å². The summed E-state index contributed by atoms with van der Waals surface area (Å²) in [6.45, 7) is 3.56. The molecule has 5 nitrogen and oxygen atoms in total. The molecule has 2 aromatic carbocycles. The Bertz CT molecular complexity index is 901. The third kappa shape index (κ3) is 3.91. The average Bonchev–Trinajstić information content (AvgIpc) is 3.09. The number of fused-ring (bicyclic) bond motifs is 1. The fraction of sp³-hybridized carbons (Fsp3) is 0.250. The number of rotatable bonds is 5. The minimum atomic E-state index is -0.501. The van der Waals surface area contributed by atoms with Gasteiger partial charge in [0.25, 0.3) is 5.91 Å². The molecule has 0 spiro atoms. The summed E-state index contributed by atoms with van der Waals surface area (Å²) in [5, 5.41) is 0.854. The standard InChI is InChI=1S/C20H20N2O3S/c1-13-8-10-15(11-9-13)20(24)25-12-18(23)22(3)14(2)19-21-16-6-4-5-7-17(16)26-19/h4-11,14H,12H2,1-3H3/t14-/m0/s1. The Kier molecular flexibility index (Phi) is 5.32. The molecule has 0 aliphatic rings. The molecular weight excluding hydrogens is 348 g/mol. The van der Waals surface area contributed by atoms with Crippen LogP contribution >= 0.6 is 11.3 Å². The molecular formula is C20H20N2O3S. The summed E-state index contributed by atoms with van der Waals surface area (Å²) >= 11 is 1.56. The van der Waals surface area contributed by atoms with Gasteiger partial charge in [-0.1, -0.05) is 29.8 Å². The number of hydrogen-bond acceptors (Lipinski definition) is 5. The maximum absolute atomic E-state index is 12.4. The Hall–Kier alpha value is -2.73. The van der Waals surface area contributed by atoms with Crippen LogP contribution in [-0.4, -0.2) is 35.4 Å². The Morgan fingerprint density at radius 3 is 2.54 bits per heavy atom. The number of esters is 1. The maximum Gasteiger partial charge on any atom is 0.338 e. The molecule has 0 saturated heterocycles. The fourth-order valence-corrected chi connectivity index (χ4v) is 3.52. The molecule has 0 aliphatic heterocycles. The lowest BCUT2D eigenvalue weighted by molar-refractivity contribution is -0.135. The molecule has 0 N–H and O–H groups in total. The van der Waals surface area contributed by atoms with Gasteiger partial charge in [-0.15, -0.1) is 11.3 Å². The number of carbonyl (C=O) groups excluding carboxylic acids is 2. The smallest absolute Gasteiger partial charge is 0.338 e. The molecule has 3 aromatic rings. The van der Waals surface area contributed by atoms with Crippen molar-refractivity contribution in [3.8, 4) is 0 Å². The van der Waals surface area contributed by atoms with Crippen LogP contribution < -0.4 is 0 Å². The van der Waals surface area contributed by atoms with E-state index in [-0.39, 0.29) is 18.6 Å². The van der Waals surface area contributed by atoms with Crippen LogP contribution in [0, 0.1) is 6.92 Å². The molecule has 26 heavy (non-hydrogen) atoms. The van der Waals surface area contributed by atoms with Gasteiger partial charge in [-0.3, -0.25) is 4.79 Å². The van der Waals surface area contributed by atoms with Gasteiger partial charge in [-0.2, -0.15) is 0 Å². The molecule has 0 aliphatic carbocycles. The number of hydrogen-bond donors (Lipinski definition) is 0. The summed E-state index contributed by atoms with van der Waals surface area (Å²) in [6.07, 6.45) is 0. The number of aryl methyl sites for hydroxylation is 1. The van der Waals surface area contributed by atoms with E-state index in [1.54, 1.807) is 35.4 Å². The number of benzene rings is 2. The number of amides is 1. The highest BCUT2D eigenvalue weighted by Gasteiger charge is 2.22. The summed E-state index contributed by atoms with van der Waals surface area (Å²) in [5.41, 5.74) is 2.42. The molecule has 6 heteroatoms. The van der Waals surface area contributed by atoms with Gasteiger partial charge in [0.15, 0.2) is 6.61 Å². The van der Waals surface area contributed by atoms with Crippen LogP contribution in [0.3, 0.4) is 0 Å². The minimum absolute atomic E-state index is 0.196. The lowest BCUT2D eigenvalue weighted by Gasteiger charge is -2.23. The number of thiazole rings is 1. The largest absolute Gasteiger partial charge is 0.452 e. The summed E-state index contributed by atoms with van der Waals surface area (Å²) in [7, 11) is 1.69. The first kappa shape index (κ1) is 18.1. The van der Waals surface area contributed by atoms with E-state index >= 15 is 0 Å². The number of ether oxygens (including phenoxy) is 1. The lowest BCUT2D eigenvalue weighted by Crippen LogP contribution is -2.33. The predicted octanol–water partition coefficient (Wildman–Crippen LogP) is 3.98. The van der Waals surface area contributed by atoms with Gasteiger partial charge >= 0.3 is 5.97 Å². The molecule has 0 saturated carbocycles. The fourth-order valence-electron chi connectivity index (χ4n) is 2.45. The lowest BCUT2D eigenvalue weighted by atomic mass is 10.1. The number of carbonyl (C=O) groups is 2. The number of nitrogens with zero attached hydrogens (tertiary/aromatic N) is 2. The van der Waals surface area contributed by atoms with Gasteiger partial charge in [0, 0.05) is 7.05 Å². The van der Waals surface area contributed by atoms with Gasteiger partial charge in [-0.25, -0.2) is 9.78 Å². The van der Waals surface area contributed by atoms with Crippen molar-refractivity contribution in [2.45, 2.75) is 19.9 Å². The third-order valence-corrected chi connectivity index (χ3v) is 5.46. The van der Waals surface area contributed by atoms with Crippen LogP contribution in [0.5, 0.6) is 0 Å². The summed E-state index contributed by atoms with van der Waals surface area (Å²) in [5.74, 6) is -0.767. The van der Waals surface area contributed by atoms with E-state index in [9.17, 15) is 9.59 Å². The quantitative estimate of drug-likeness (QED) is 0.639. The van der Waals surface area contributed by atoms with Gasteiger partial charge in [0.05, 0.1) is 21.8 Å². The van der Waals surface area contributed by atoms with Crippen molar-refractivity contribution >= 4 is 33.4 Å². The topological polar surface area (TPSA) is 59.5 Å². The molecule has 1 amide bonds. The molecule has 0 bridgehead atoms. The third-order valence-electron chi connectivity index (χ3n) is 4.26. The average molecular weight is 368 g/mol. The summed E-state index contributed by atoms with van der Waals surface area (Å²) in [6, 6.07) is 14.7. The normalized spacial score (nSPS) is 12.0. The first-order chi connectivity index (χ1) is 12.5. The van der Waals surface area contributed by atoms with E-state index in [1.165, 1.54) is 0 Å². The Morgan fingerprint density at radius 2 is 1.85 bits per heavy atom. The van der Waals surface area contributed by atoms with Crippen molar-refractivity contribution in [2.75, 3.05) is 13.7 Å². The summed E-state index contributed by atoms with van der Waals surface area (Å²) < 4.78 is 6.23. The monoisotopic (exact) mass is 368 g/mol. The molecule has 1 heterocycles. The number of para-hydroxylation sites is 1. The van der Waals surface area contributed by atoms with Crippen LogP contribution in [-0.2, 0) is 9.53 Å². The van der Waals surface area contributed by atoms with Crippen LogP contribution in [0.25, 0.3) is 10.2 Å². The zero-order valence-electron chi connectivity index (χ0n) is 14.9. The molecule has 0 unspecified atom stereocenters. The van der Waals surface area contributed by atoms with Crippen molar-refractivity contribution in [3.63, 3.8) is 0 Å². The van der Waals surface area contributed by atoms with E-state index < -0.39 is 5.97 Å². The van der Waals surface area contributed by atoms with Crippen molar-refractivity contribution in [1.29, 1.82) is 0 Å². The van der Waals surface area contributed by atoms with Gasteiger partial charge in [0.2, 0.25) is 0 Å². The number of likely N-dealkylation sites (N-methyl/N-ethyl adjacent to an activating group) is 1. The number of aromatic nitrogens is 1. The molecule has 3 rings (SSSR count). The second-order valence-corrected chi connectivity index (χ2v) is 7.20. The van der Waals surface area contributed by atoms with E-state index in [2.05, 4.69) is 4.98 Å². The molecule has 1 aromatic heterocycles. The van der Waals surface area contributed by atoms with Crippen molar-refractivity contribution in [1.82, 2.24) is 9.88 Å². The van der Waals surface area contributed by atoms with Crippen molar-refractivity contribution in [2.24, 2.45) is 0 Å². The molecule has 0 radical (unpaired) electrons. The van der Waals surface area contributed by atoms with Crippen molar-refractivity contribution < 1.29 is 14.3 Å². The minimum Gasteiger partial charge on any atom is -0.452 e. The maximum atomic E-state index is 12.4. The first-order valence-corrected chi connectivity index (χ1v) is 9.12. The Labute approximate surface area is 156 Å². The van der Waals surface area contributed by atoms with Crippen LogP contribution in [0.15, 0.2) is 48.5 Å². The van der Waals surface area contributed by atoms with E-state index in [4.69, 9.17) is 4.74 Å². The molecule has 1 atom stereocenters. The SMILES string of the molecule is Cc1ccc(C(=O)OCC(=O)N(C)[C@@H](C)c2nc3ccccc3s2)cc1. The predicted molar refractivity (Wildman–Crippen MR) is 102 cm³/mol. The van der Waals surface area contributed by atoms with E-state index in [1.807, 2.05) is 50.2 Å². The Balaban J connectivity index is 1.61. The van der Waals surface area contributed by atoms with Gasteiger partial charge in [0.1, 0.15) is 5.01 Å². The second-order valence-electron chi connectivity index (χ2n) is 6.14. The second kappa shape index (κ2) is 7.66. The highest BCUT2D eigenvalue weighted by Crippen LogP contribution is 2.28. The highest BCUT2D eigenvalue weighted by atomic mass is 32.1. The molecule has 134 valence electrons. The van der Waals surface area contributed by atoms with Gasteiger partial charge < -0.3 is 9.64 Å². The van der Waals surface area contributed by atoms with E-state index in [0.717, 1.165) is 20.8 Å². The van der Waals surface area contributed by atoms with Crippen LogP contribution in [0.2, 0.25) is 0 Å². The van der Waals surface area contributed by atoms with Crippen molar-refractivity contribution in [3.05, 3.63) is 64.7 Å². The van der Waals surface area contributed by atoms with Crippen LogP contribution in [0.1, 0.15) is 33.9 Å². The van der Waals surface area contributed by atoms with E-state index in [0.29, 0.717) is 5.56 Å². The summed E-state index contributed by atoms with van der Waals surface area (Å²) in [4.78, 5) is 30.6. The zero-order valence-corrected chi connectivity index (χ0v) is 15.7. The zero-order chi connectivity index (χ0) is 18.7. The molecule has 0 fully saturated rings.